The van der Waals surface area contributed by atoms with E-state index in [9.17, 15) is 0 Å². The molecule has 0 aromatic carbocycles. The van der Waals surface area contributed by atoms with Crippen LogP contribution in [-0.2, 0) is 0 Å². The first-order valence-electron chi connectivity index (χ1n) is 3.13. The third-order valence-corrected chi connectivity index (χ3v) is 1.40. The highest BCUT2D eigenvalue weighted by molar-refractivity contribution is 5.06. The number of hydrogen-bond acceptors (Lipinski definition) is 4. The quantitative estimate of drug-likeness (QED) is 0.525. The molecule has 0 saturated heterocycles. The summed E-state index contributed by atoms with van der Waals surface area (Å²) in [6.07, 6.45) is 6.70. The van der Waals surface area contributed by atoms with Gasteiger partial charge >= 0.3 is 0 Å². The summed E-state index contributed by atoms with van der Waals surface area (Å²) in [5.41, 5.74) is 0. The van der Waals surface area contributed by atoms with Gasteiger partial charge in [0.05, 0.1) is 0 Å². The number of rotatable bonds is 1. The Morgan fingerprint density at radius 2 is 2.40 bits per heavy atom. The Kier molecular flexibility index (Phi) is 1.13. The lowest BCUT2D eigenvalue weighted by Gasteiger charge is -2.11. The molecule has 0 amide bonds. The Hall–Kier alpha value is -1.39. The average molecular weight is 137 g/mol. The van der Waals surface area contributed by atoms with E-state index in [1.165, 1.54) is 0 Å². The summed E-state index contributed by atoms with van der Waals surface area (Å²) in [4.78, 5) is 1.61. The van der Waals surface area contributed by atoms with Crippen LogP contribution in [0.4, 0.5) is 0 Å². The molecule has 0 N–H and O–H groups in total. The maximum Gasteiger partial charge on any atom is 0.162 e. The molecule has 1 aromatic heterocycles. The van der Waals surface area contributed by atoms with Crippen LogP contribution in [0.3, 0.4) is 0 Å². The maximum atomic E-state index is 3.73. The summed E-state index contributed by atoms with van der Waals surface area (Å²) in [7, 11) is 0. The van der Waals surface area contributed by atoms with Crippen molar-refractivity contribution in [2.75, 3.05) is 11.6 Å². The fourth-order valence-electron chi connectivity index (χ4n) is 0.922. The van der Waals surface area contributed by atoms with E-state index in [0.29, 0.717) is 0 Å². The van der Waals surface area contributed by atoms with Gasteiger partial charge in [0.2, 0.25) is 0 Å². The van der Waals surface area contributed by atoms with E-state index in [0.717, 1.165) is 13.0 Å². The molecule has 52 valence electrons. The maximum absolute atomic E-state index is 3.73. The Bertz CT molecular complexity index is 226. The SMILES string of the molecule is C1=CN(n2cnnn2)CC1. The lowest BCUT2D eigenvalue weighted by Crippen LogP contribution is -2.27. The van der Waals surface area contributed by atoms with Crippen LogP contribution in [0, 0.1) is 0 Å². The standard InChI is InChI=1S/C5H7N5/c1-2-4-9(3-1)10-5-6-7-8-10/h1,3,5H,2,4H2. The third kappa shape index (κ3) is 0.754. The molecule has 1 aliphatic heterocycles. The highest BCUT2D eigenvalue weighted by atomic mass is 15.7. The molecule has 5 nitrogen and oxygen atoms in total. The number of hydrogen-bond donors (Lipinski definition) is 0. The lowest BCUT2D eigenvalue weighted by molar-refractivity contribution is 0.601. The van der Waals surface area contributed by atoms with Gasteiger partial charge in [0.25, 0.3) is 0 Å². The van der Waals surface area contributed by atoms with Gasteiger partial charge in [-0.1, -0.05) is 6.08 Å². The zero-order valence-electron chi connectivity index (χ0n) is 5.38. The molecule has 0 bridgehead atoms. The van der Waals surface area contributed by atoms with E-state index in [2.05, 4.69) is 21.6 Å². The van der Waals surface area contributed by atoms with Gasteiger partial charge < -0.3 is 0 Å². The second-order valence-electron chi connectivity index (χ2n) is 2.07. The molecule has 1 aliphatic rings. The van der Waals surface area contributed by atoms with Crippen LogP contribution in [0.25, 0.3) is 0 Å². The fraction of sp³-hybridized carbons (Fsp3) is 0.400. The molecule has 0 atom stereocenters. The van der Waals surface area contributed by atoms with Crippen molar-refractivity contribution in [3.63, 3.8) is 0 Å². The summed E-state index contributed by atoms with van der Waals surface area (Å²) in [5.74, 6) is 0. The third-order valence-electron chi connectivity index (χ3n) is 1.40. The van der Waals surface area contributed by atoms with E-state index in [1.54, 1.807) is 11.1 Å². The summed E-state index contributed by atoms with van der Waals surface area (Å²) >= 11 is 0. The molecule has 2 rings (SSSR count). The molecule has 0 fully saturated rings. The topological polar surface area (TPSA) is 46.8 Å². The Morgan fingerprint density at radius 1 is 1.40 bits per heavy atom. The molecular formula is C5H7N5. The van der Waals surface area contributed by atoms with Crippen molar-refractivity contribution in [3.8, 4) is 0 Å². The molecule has 0 spiro atoms. The van der Waals surface area contributed by atoms with E-state index < -0.39 is 0 Å². The summed E-state index contributed by atoms with van der Waals surface area (Å²) < 4.78 is 0. The van der Waals surface area contributed by atoms with Crippen molar-refractivity contribution >= 4 is 0 Å². The van der Waals surface area contributed by atoms with Gasteiger partial charge in [0, 0.05) is 12.7 Å². The van der Waals surface area contributed by atoms with Gasteiger partial charge in [0.1, 0.15) is 0 Å². The van der Waals surface area contributed by atoms with E-state index in [4.69, 9.17) is 0 Å². The van der Waals surface area contributed by atoms with Crippen molar-refractivity contribution in [3.05, 3.63) is 18.6 Å². The van der Waals surface area contributed by atoms with Gasteiger partial charge in [-0.25, -0.2) is 0 Å². The second kappa shape index (κ2) is 2.09. The van der Waals surface area contributed by atoms with Gasteiger partial charge in [-0.2, -0.15) is 0 Å². The Morgan fingerprint density at radius 3 is 3.00 bits per heavy atom. The Balaban J connectivity index is 2.20. The summed E-state index contributed by atoms with van der Waals surface area (Å²) in [6.45, 7) is 0.963. The number of aromatic nitrogens is 4. The minimum atomic E-state index is 0.963. The fourth-order valence-corrected chi connectivity index (χ4v) is 0.922. The molecule has 0 saturated carbocycles. The van der Waals surface area contributed by atoms with Crippen LogP contribution in [-0.4, -0.2) is 26.9 Å². The first kappa shape index (κ1) is 5.40. The normalized spacial score (nSPS) is 16.6. The van der Waals surface area contributed by atoms with E-state index in [1.807, 2.05) is 11.2 Å². The molecule has 0 aliphatic carbocycles. The number of tetrazole rings is 1. The molecule has 0 radical (unpaired) electrons. The lowest BCUT2D eigenvalue weighted by atomic mass is 10.5. The summed E-state index contributed by atoms with van der Waals surface area (Å²) in [5, 5.41) is 12.7. The van der Waals surface area contributed by atoms with Crippen LogP contribution >= 0.6 is 0 Å². The van der Waals surface area contributed by atoms with Crippen molar-refractivity contribution in [2.45, 2.75) is 6.42 Å². The van der Waals surface area contributed by atoms with E-state index in [-0.39, 0.29) is 0 Å². The predicted octanol–water partition coefficient (Wildman–Crippen LogP) is -0.472. The first-order chi connectivity index (χ1) is 4.97. The zero-order chi connectivity index (χ0) is 6.81. The minimum absolute atomic E-state index is 0.963. The van der Waals surface area contributed by atoms with Crippen LogP contribution in [0.2, 0.25) is 0 Å². The second-order valence-corrected chi connectivity index (χ2v) is 2.07. The number of nitrogens with zero attached hydrogens (tertiary/aromatic N) is 5. The highest BCUT2D eigenvalue weighted by Crippen LogP contribution is 1.99. The van der Waals surface area contributed by atoms with Gasteiger partial charge in [0.15, 0.2) is 6.33 Å². The van der Waals surface area contributed by atoms with Crippen LogP contribution in [0.1, 0.15) is 6.42 Å². The van der Waals surface area contributed by atoms with Crippen molar-refractivity contribution in [2.24, 2.45) is 0 Å². The average Bonchev–Trinajstić information content (AvgIpc) is 2.59. The van der Waals surface area contributed by atoms with E-state index >= 15 is 0 Å². The van der Waals surface area contributed by atoms with Crippen molar-refractivity contribution < 1.29 is 0 Å². The minimum Gasteiger partial charge on any atom is -0.270 e. The predicted molar refractivity (Wildman–Crippen MR) is 34.7 cm³/mol. The Labute approximate surface area is 57.9 Å². The molecule has 10 heavy (non-hydrogen) atoms. The van der Waals surface area contributed by atoms with Gasteiger partial charge in [-0.15, -0.1) is 9.89 Å². The molecule has 5 heteroatoms. The van der Waals surface area contributed by atoms with Gasteiger partial charge in [-0.05, 0) is 16.8 Å². The highest BCUT2D eigenvalue weighted by Gasteiger charge is 2.05. The van der Waals surface area contributed by atoms with Crippen molar-refractivity contribution in [1.82, 2.24) is 20.3 Å². The molecule has 2 heterocycles. The van der Waals surface area contributed by atoms with Crippen LogP contribution < -0.4 is 5.01 Å². The summed E-state index contributed by atoms with van der Waals surface area (Å²) in [6, 6.07) is 0. The zero-order valence-corrected chi connectivity index (χ0v) is 5.38. The molecule has 0 unspecified atom stereocenters. The monoisotopic (exact) mass is 137 g/mol. The van der Waals surface area contributed by atoms with Gasteiger partial charge in [-0.3, -0.25) is 5.01 Å². The molecule has 1 aromatic rings. The first-order valence-corrected chi connectivity index (χ1v) is 3.13. The van der Waals surface area contributed by atoms with Crippen LogP contribution in [0.15, 0.2) is 18.6 Å². The van der Waals surface area contributed by atoms with Crippen LogP contribution in [0.5, 0.6) is 0 Å². The molecular weight excluding hydrogens is 130 g/mol. The smallest absolute Gasteiger partial charge is 0.162 e. The largest absolute Gasteiger partial charge is 0.270 e. The van der Waals surface area contributed by atoms with Crippen molar-refractivity contribution in [1.29, 1.82) is 0 Å².